The molecule has 2 aliphatic heterocycles. The van der Waals surface area contributed by atoms with E-state index in [0.29, 0.717) is 30.7 Å². The molecule has 0 spiro atoms. The van der Waals surface area contributed by atoms with Crippen molar-refractivity contribution in [3.8, 4) is 11.5 Å². The van der Waals surface area contributed by atoms with Gasteiger partial charge in [0, 0.05) is 11.4 Å². The number of fused-ring (bicyclic) bond motifs is 3. The van der Waals surface area contributed by atoms with E-state index in [9.17, 15) is 19.7 Å². The van der Waals surface area contributed by atoms with Gasteiger partial charge in [0.15, 0.2) is 0 Å². The van der Waals surface area contributed by atoms with E-state index in [1.54, 1.807) is 0 Å². The summed E-state index contributed by atoms with van der Waals surface area (Å²) in [5.74, 6) is -0.940. The molecule has 9 heteroatoms. The second kappa shape index (κ2) is 15.2. The molecule has 2 heterocycles. The summed E-state index contributed by atoms with van der Waals surface area (Å²) in [6.45, 7) is 6.19. The van der Waals surface area contributed by atoms with Crippen LogP contribution < -0.4 is 15.0 Å². The molecule has 4 atom stereocenters. The fourth-order valence-electron chi connectivity index (χ4n) is 8.20. The summed E-state index contributed by atoms with van der Waals surface area (Å²) in [7, 11) is -1.06. The quantitative estimate of drug-likeness (QED) is 0.0821. The first-order valence-corrected chi connectivity index (χ1v) is 18.2. The highest BCUT2D eigenvalue weighted by molar-refractivity contribution is 6.43. The molecular formula is C43H45BN2O6. The molecule has 266 valence electrons. The number of anilines is 3. The number of carbonyl (C=O) groups excluding carboxylic acids is 2. The summed E-state index contributed by atoms with van der Waals surface area (Å²) >= 11 is 0. The van der Waals surface area contributed by atoms with Gasteiger partial charge in [-0.2, -0.15) is 0 Å². The van der Waals surface area contributed by atoms with Crippen LogP contribution in [-0.4, -0.2) is 41.8 Å². The number of nitrogens with zero attached hydrogens (tertiary/aromatic N) is 1. The highest BCUT2D eigenvalue weighted by atomic mass is 16.5. The largest absolute Gasteiger partial charge is 0.507 e. The molecule has 2 amide bonds. The van der Waals surface area contributed by atoms with Gasteiger partial charge in [0.05, 0.1) is 23.6 Å². The number of aryl methyl sites for hydroxylation is 2. The van der Waals surface area contributed by atoms with Crippen molar-refractivity contribution in [2.75, 3.05) is 16.8 Å². The molecule has 0 bridgehead atoms. The van der Waals surface area contributed by atoms with Crippen molar-refractivity contribution in [2.45, 2.75) is 58.9 Å². The number of ether oxygens (including phenoxy) is 1. The molecule has 2 saturated heterocycles. The molecular weight excluding hydrogens is 651 g/mol. The highest BCUT2D eigenvalue weighted by Crippen LogP contribution is 2.51. The molecule has 0 saturated carbocycles. The lowest BCUT2D eigenvalue weighted by atomic mass is 9.58. The van der Waals surface area contributed by atoms with E-state index >= 15 is 0 Å². The molecule has 1 aliphatic carbocycles. The Morgan fingerprint density at radius 3 is 2.25 bits per heavy atom. The lowest BCUT2D eigenvalue weighted by Gasteiger charge is -2.43. The molecule has 4 aromatic carbocycles. The Morgan fingerprint density at radius 2 is 1.58 bits per heavy atom. The average Bonchev–Trinajstić information content (AvgIpc) is 3.40. The van der Waals surface area contributed by atoms with Crippen molar-refractivity contribution in [1.82, 2.24) is 0 Å². The molecule has 4 aromatic rings. The molecule has 8 nitrogen and oxygen atoms in total. The van der Waals surface area contributed by atoms with Gasteiger partial charge in [-0.05, 0) is 140 Å². The minimum Gasteiger partial charge on any atom is -0.507 e. The first kappa shape index (κ1) is 35.3. The number of nitrogens with one attached hydrogen (secondary N) is 1. The van der Waals surface area contributed by atoms with E-state index < -0.39 is 25.1 Å². The van der Waals surface area contributed by atoms with Gasteiger partial charge in [-0.25, -0.2) is 0 Å². The molecule has 7 rings (SSSR count). The summed E-state index contributed by atoms with van der Waals surface area (Å²) in [4.78, 5) is 29.9. The number of hydrogen-bond acceptors (Lipinski definition) is 7. The van der Waals surface area contributed by atoms with Crippen molar-refractivity contribution in [1.29, 1.82) is 0 Å². The third-order valence-electron chi connectivity index (χ3n) is 10.7. The van der Waals surface area contributed by atoms with E-state index in [1.807, 2.05) is 111 Å². The zero-order chi connectivity index (χ0) is 36.4. The lowest BCUT2D eigenvalue weighted by molar-refractivity contribution is -0.122. The number of carbonyl (C=O) groups is 2. The van der Waals surface area contributed by atoms with Gasteiger partial charge in [0.1, 0.15) is 18.1 Å². The van der Waals surface area contributed by atoms with Gasteiger partial charge in [-0.1, -0.05) is 55.0 Å². The molecule has 3 aliphatic rings. The van der Waals surface area contributed by atoms with E-state index in [4.69, 9.17) is 9.39 Å². The van der Waals surface area contributed by atoms with Crippen LogP contribution in [0, 0.1) is 31.6 Å². The van der Waals surface area contributed by atoms with Gasteiger partial charge in [0.25, 0.3) is 0 Å². The number of phenolic OH excluding ortho intramolecular Hbond substituents is 1. The molecule has 0 aromatic heterocycles. The van der Waals surface area contributed by atoms with Crippen LogP contribution in [0.3, 0.4) is 0 Å². The van der Waals surface area contributed by atoms with Crippen LogP contribution in [0.15, 0.2) is 114 Å². The molecule has 2 fully saturated rings. The summed E-state index contributed by atoms with van der Waals surface area (Å²) in [6.07, 6.45) is 4.49. The standard InChI is InChI=1S/C43H45BN2O6/c1-4-29(23-30-21-27(2)41(47)28(3)22-30)15-20-38-39-31(26-51-35-13-9-6-10-14-35)24-36-40(37(39)25-44(50)52-38)43(49)46(42(36)48)34-18-16-33(17-19-34)45-32-11-7-5-8-12-32/h5-14,16-19,21-23,36-38,40,45,47,50H,4,15,20,24-26H2,1-3H3/b29-23+/t36-,37+,38-,40-/m1/s1. The average molecular weight is 697 g/mol. The Kier molecular flexibility index (Phi) is 10.3. The van der Waals surface area contributed by atoms with E-state index in [0.717, 1.165) is 51.4 Å². The predicted octanol–water partition coefficient (Wildman–Crippen LogP) is 8.41. The molecule has 3 N–H and O–H groups in total. The van der Waals surface area contributed by atoms with Gasteiger partial charge >= 0.3 is 7.12 Å². The number of phenols is 1. The van der Waals surface area contributed by atoms with E-state index in [-0.39, 0.29) is 30.7 Å². The second-order valence-corrected chi connectivity index (χ2v) is 14.2. The van der Waals surface area contributed by atoms with Crippen molar-refractivity contribution >= 4 is 42.1 Å². The molecule has 0 radical (unpaired) electrons. The van der Waals surface area contributed by atoms with E-state index in [1.165, 1.54) is 10.5 Å². The first-order valence-electron chi connectivity index (χ1n) is 18.2. The fraction of sp³-hybridized carbons (Fsp3) is 0.302. The van der Waals surface area contributed by atoms with Crippen LogP contribution >= 0.6 is 0 Å². The fourth-order valence-corrected chi connectivity index (χ4v) is 8.20. The monoisotopic (exact) mass is 696 g/mol. The van der Waals surface area contributed by atoms with Crippen molar-refractivity contribution in [2.24, 2.45) is 17.8 Å². The zero-order valence-electron chi connectivity index (χ0n) is 29.9. The minimum absolute atomic E-state index is 0.219. The van der Waals surface area contributed by atoms with Gasteiger partial charge in [-0.3, -0.25) is 14.5 Å². The van der Waals surface area contributed by atoms with Crippen LogP contribution in [0.2, 0.25) is 6.32 Å². The van der Waals surface area contributed by atoms with Crippen molar-refractivity contribution < 1.29 is 29.1 Å². The number of amides is 2. The van der Waals surface area contributed by atoms with Crippen LogP contribution in [0.5, 0.6) is 11.5 Å². The Bertz CT molecular complexity index is 1970. The second-order valence-electron chi connectivity index (χ2n) is 14.2. The summed E-state index contributed by atoms with van der Waals surface area (Å²) in [6, 6.07) is 30.7. The van der Waals surface area contributed by atoms with Gasteiger partial charge in [0.2, 0.25) is 11.8 Å². The normalized spacial score (nSPS) is 21.7. The number of benzene rings is 4. The Balaban J connectivity index is 1.17. The summed E-state index contributed by atoms with van der Waals surface area (Å²) < 4.78 is 12.6. The number of para-hydroxylation sites is 2. The number of hydrogen-bond donors (Lipinski definition) is 3. The first-order chi connectivity index (χ1) is 25.2. The number of aromatic hydroxyl groups is 1. The smallest absolute Gasteiger partial charge is 0.455 e. The minimum atomic E-state index is -1.06. The van der Waals surface area contributed by atoms with E-state index in [2.05, 4.69) is 18.3 Å². The van der Waals surface area contributed by atoms with Gasteiger partial charge in [-0.15, -0.1) is 0 Å². The molecule has 52 heavy (non-hydrogen) atoms. The Morgan fingerprint density at radius 1 is 0.923 bits per heavy atom. The van der Waals surface area contributed by atoms with Crippen LogP contribution in [0.1, 0.15) is 49.3 Å². The van der Waals surface area contributed by atoms with Crippen molar-refractivity contribution in [3.63, 3.8) is 0 Å². The zero-order valence-corrected chi connectivity index (χ0v) is 29.9. The van der Waals surface area contributed by atoms with Crippen LogP contribution in [-0.2, 0) is 14.2 Å². The van der Waals surface area contributed by atoms with Crippen LogP contribution in [0.4, 0.5) is 17.1 Å². The number of rotatable bonds is 11. The van der Waals surface area contributed by atoms with Crippen LogP contribution in [0.25, 0.3) is 6.08 Å². The SMILES string of the molecule is CC/C(=C\c1cc(C)c(O)c(C)c1)CC[C@H]1OB(O)C[C@H]2C1=C(COc1ccccc1)C[C@H]1C(=O)N(c3ccc(Nc4ccccc4)cc3)C(=O)[C@H]12. The third kappa shape index (κ3) is 7.29. The van der Waals surface area contributed by atoms with Crippen molar-refractivity contribution in [3.05, 3.63) is 130 Å². The number of allylic oxidation sites excluding steroid dienone is 1. The van der Waals surface area contributed by atoms with Gasteiger partial charge < -0.3 is 24.8 Å². The maximum atomic E-state index is 14.4. The summed E-state index contributed by atoms with van der Waals surface area (Å²) in [5.41, 5.74) is 8.18. The highest BCUT2D eigenvalue weighted by Gasteiger charge is 2.57. The molecule has 0 unspecified atom stereocenters. The predicted molar refractivity (Wildman–Crippen MR) is 205 cm³/mol. The Labute approximate surface area is 305 Å². The third-order valence-corrected chi connectivity index (χ3v) is 10.7. The maximum absolute atomic E-state index is 14.4. The Hall–Kier alpha value is -5.12. The number of imide groups is 1. The summed E-state index contributed by atoms with van der Waals surface area (Å²) in [5, 5.41) is 24.8. The lowest BCUT2D eigenvalue weighted by Crippen LogP contribution is -2.46. The topological polar surface area (TPSA) is 108 Å². The maximum Gasteiger partial charge on any atom is 0.455 e.